The Labute approximate surface area is 203 Å². The highest BCUT2D eigenvalue weighted by Crippen LogP contribution is 2.36. The highest BCUT2D eigenvalue weighted by Gasteiger charge is 2.51. The van der Waals surface area contributed by atoms with Gasteiger partial charge in [-0.3, -0.25) is 0 Å². The van der Waals surface area contributed by atoms with Crippen molar-refractivity contribution in [3.63, 3.8) is 0 Å². The van der Waals surface area contributed by atoms with Crippen LogP contribution in [0.5, 0.6) is 5.75 Å². The smallest absolute Gasteiger partial charge is 0.494 e. The summed E-state index contributed by atoms with van der Waals surface area (Å²) >= 11 is 1.88. The van der Waals surface area contributed by atoms with Gasteiger partial charge in [0.1, 0.15) is 5.75 Å². The van der Waals surface area contributed by atoms with E-state index in [1.165, 1.54) is 16.0 Å². The molecule has 0 N–H and O–H groups in total. The van der Waals surface area contributed by atoms with E-state index in [-0.39, 0.29) is 18.3 Å². The molecule has 5 heteroatoms. The minimum Gasteiger partial charge on any atom is -0.494 e. The zero-order chi connectivity index (χ0) is 23.3. The van der Waals surface area contributed by atoms with Crippen LogP contribution >= 0.6 is 11.8 Å². The molecular formula is C28H33BO3S. The van der Waals surface area contributed by atoms with Crippen LogP contribution in [-0.2, 0) is 21.5 Å². The first-order valence-corrected chi connectivity index (χ1v) is 12.7. The molecule has 1 aliphatic heterocycles. The SMILES string of the molecule is CC1(C)OB(c2ccc(OCCCc3ccc(SCc4ccccc4)cc3)cc2)OC1(C)C. The minimum absolute atomic E-state index is 0.328. The second kappa shape index (κ2) is 10.4. The van der Waals surface area contributed by atoms with E-state index in [0.29, 0.717) is 6.61 Å². The Kier molecular flexibility index (Phi) is 7.53. The van der Waals surface area contributed by atoms with Crippen LogP contribution < -0.4 is 10.2 Å². The van der Waals surface area contributed by atoms with Gasteiger partial charge in [0.15, 0.2) is 0 Å². The molecule has 0 bridgehead atoms. The summed E-state index contributed by atoms with van der Waals surface area (Å²) in [5, 5.41) is 0. The Balaban J connectivity index is 1.19. The van der Waals surface area contributed by atoms with Crippen molar-refractivity contribution in [2.24, 2.45) is 0 Å². The number of hydrogen-bond donors (Lipinski definition) is 0. The molecule has 1 saturated heterocycles. The van der Waals surface area contributed by atoms with Crippen LogP contribution in [-0.4, -0.2) is 24.9 Å². The van der Waals surface area contributed by atoms with Crippen LogP contribution in [0.3, 0.4) is 0 Å². The molecule has 33 heavy (non-hydrogen) atoms. The van der Waals surface area contributed by atoms with E-state index >= 15 is 0 Å². The summed E-state index contributed by atoms with van der Waals surface area (Å²) in [6, 6.07) is 27.5. The van der Waals surface area contributed by atoms with Crippen molar-refractivity contribution in [1.82, 2.24) is 0 Å². The molecule has 3 aromatic carbocycles. The first-order valence-electron chi connectivity index (χ1n) is 11.7. The molecule has 1 heterocycles. The molecule has 0 radical (unpaired) electrons. The summed E-state index contributed by atoms with van der Waals surface area (Å²) in [4.78, 5) is 1.31. The Bertz CT molecular complexity index is 1000. The van der Waals surface area contributed by atoms with Crippen molar-refractivity contribution in [3.05, 3.63) is 90.0 Å². The fourth-order valence-electron chi connectivity index (χ4n) is 3.66. The Morgan fingerprint density at radius 2 is 1.39 bits per heavy atom. The molecule has 0 amide bonds. The molecule has 0 aliphatic carbocycles. The van der Waals surface area contributed by atoms with Gasteiger partial charge in [-0.2, -0.15) is 0 Å². The molecule has 3 nitrogen and oxygen atoms in total. The fourth-order valence-corrected chi connectivity index (χ4v) is 4.51. The van der Waals surface area contributed by atoms with Gasteiger partial charge in [-0.1, -0.05) is 54.6 Å². The maximum atomic E-state index is 6.12. The van der Waals surface area contributed by atoms with Crippen molar-refractivity contribution in [2.75, 3.05) is 6.61 Å². The molecule has 0 spiro atoms. The standard InChI is InChI=1S/C28H33BO3S/c1-27(2)28(3,4)32-29(31-27)24-14-16-25(17-15-24)30-20-8-11-22-12-18-26(19-13-22)33-21-23-9-6-5-7-10-23/h5-7,9-10,12-19H,8,11,20-21H2,1-4H3. The summed E-state index contributed by atoms with van der Waals surface area (Å²) in [6.45, 7) is 8.98. The summed E-state index contributed by atoms with van der Waals surface area (Å²) in [5.74, 6) is 1.88. The molecule has 4 rings (SSSR count). The van der Waals surface area contributed by atoms with Crippen LogP contribution in [0.15, 0.2) is 83.8 Å². The maximum Gasteiger partial charge on any atom is 0.494 e. The molecule has 0 aromatic heterocycles. The van der Waals surface area contributed by atoms with Crippen LogP contribution in [0.2, 0.25) is 0 Å². The van der Waals surface area contributed by atoms with Gasteiger partial charge in [0.2, 0.25) is 0 Å². The predicted octanol–water partition coefficient (Wildman–Crippen LogP) is 6.29. The van der Waals surface area contributed by atoms with E-state index in [9.17, 15) is 0 Å². The van der Waals surface area contributed by atoms with Gasteiger partial charge in [0.05, 0.1) is 17.8 Å². The predicted molar refractivity (Wildman–Crippen MR) is 138 cm³/mol. The Morgan fingerprint density at radius 3 is 2.03 bits per heavy atom. The lowest BCUT2D eigenvalue weighted by molar-refractivity contribution is 0.00578. The van der Waals surface area contributed by atoms with Gasteiger partial charge in [-0.05, 0) is 81.4 Å². The molecular weight excluding hydrogens is 427 g/mol. The van der Waals surface area contributed by atoms with E-state index in [1.807, 2.05) is 36.0 Å². The largest absolute Gasteiger partial charge is 0.494 e. The lowest BCUT2D eigenvalue weighted by atomic mass is 9.79. The van der Waals surface area contributed by atoms with E-state index in [2.05, 4.69) is 82.3 Å². The number of aryl methyl sites for hydroxylation is 1. The number of benzene rings is 3. The molecule has 1 fully saturated rings. The second-order valence-corrected chi connectivity index (χ2v) is 10.6. The molecule has 0 unspecified atom stereocenters. The topological polar surface area (TPSA) is 27.7 Å². The van der Waals surface area contributed by atoms with Gasteiger partial charge in [0.25, 0.3) is 0 Å². The van der Waals surface area contributed by atoms with Crippen LogP contribution in [0.25, 0.3) is 0 Å². The van der Waals surface area contributed by atoms with Crippen molar-refractivity contribution < 1.29 is 14.0 Å². The number of rotatable bonds is 9. The number of thioether (sulfide) groups is 1. The van der Waals surface area contributed by atoms with Crippen LogP contribution in [0, 0.1) is 0 Å². The van der Waals surface area contributed by atoms with Crippen molar-refractivity contribution in [3.8, 4) is 5.75 Å². The summed E-state index contributed by atoms with van der Waals surface area (Å²) in [6.07, 6.45) is 1.99. The highest BCUT2D eigenvalue weighted by molar-refractivity contribution is 7.98. The molecule has 172 valence electrons. The molecule has 1 aliphatic rings. The zero-order valence-electron chi connectivity index (χ0n) is 20.0. The van der Waals surface area contributed by atoms with Crippen molar-refractivity contribution in [2.45, 2.75) is 62.4 Å². The first kappa shape index (κ1) is 23.9. The minimum atomic E-state index is -0.335. The fraction of sp³-hybridized carbons (Fsp3) is 0.357. The average Bonchev–Trinajstić information content (AvgIpc) is 3.04. The van der Waals surface area contributed by atoms with Crippen molar-refractivity contribution >= 4 is 24.3 Å². The third kappa shape index (κ3) is 6.23. The summed E-state index contributed by atoms with van der Waals surface area (Å²) < 4.78 is 18.2. The normalized spacial score (nSPS) is 16.7. The average molecular weight is 460 g/mol. The second-order valence-electron chi connectivity index (χ2n) is 9.53. The quantitative estimate of drug-likeness (QED) is 0.213. The number of ether oxygens (including phenoxy) is 1. The van der Waals surface area contributed by atoms with Gasteiger partial charge >= 0.3 is 7.12 Å². The molecule has 3 aromatic rings. The van der Waals surface area contributed by atoms with Gasteiger partial charge < -0.3 is 14.0 Å². The lowest BCUT2D eigenvalue weighted by Gasteiger charge is -2.32. The third-order valence-electron chi connectivity index (χ3n) is 6.46. The van der Waals surface area contributed by atoms with Crippen LogP contribution in [0.1, 0.15) is 45.2 Å². The zero-order valence-corrected chi connectivity index (χ0v) is 20.9. The third-order valence-corrected chi connectivity index (χ3v) is 7.54. The Morgan fingerprint density at radius 1 is 0.758 bits per heavy atom. The lowest BCUT2D eigenvalue weighted by Crippen LogP contribution is -2.41. The maximum absolute atomic E-state index is 6.12. The highest BCUT2D eigenvalue weighted by atomic mass is 32.2. The van der Waals surface area contributed by atoms with E-state index in [0.717, 1.165) is 29.8 Å². The molecule has 0 saturated carbocycles. The van der Waals surface area contributed by atoms with E-state index in [1.54, 1.807) is 0 Å². The summed E-state index contributed by atoms with van der Waals surface area (Å²) in [5.41, 5.74) is 3.06. The van der Waals surface area contributed by atoms with E-state index < -0.39 is 0 Å². The van der Waals surface area contributed by atoms with Crippen LogP contribution in [0.4, 0.5) is 0 Å². The number of hydrogen-bond acceptors (Lipinski definition) is 4. The van der Waals surface area contributed by atoms with Gasteiger partial charge in [-0.15, -0.1) is 11.8 Å². The molecule has 0 atom stereocenters. The van der Waals surface area contributed by atoms with Crippen molar-refractivity contribution in [1.29, 1.82) is 0 Å². The monoisotopic (exact) mass is 460 g/mol. The van der Waals surface area contributed by atoms with E-state index in [4.69, 9.17) is 14.0 Å². The van der Waals surface area contributed by atoms with Gasteiger partial charge in [-0.25, -0.2) is 0 Å². The summed E-state index contributed by atoms with van der Waals surface area (Å²) in [7, 11) is -0.335. The van der Waals surface area contributed by atoms with Gasteiger partial charge in [0, 0.05) is 10.6 Å². The first-order chi connectivity index (χ1) is 15.8. The Hall–Kier alpha value is -2.21.